The van der Waals surface area contributed by atoms with Crippen LogP contribution < -0.4 is 20.1 Å². The van der Waals surface area contributed by atoms with Crippen molar-refractivity contribution >= 4 is 5.91 Å². The van der Waals surface area contributed by atoms with E-state index in [2.05, 4.69) is 15.4 Å². The average Bonchev–Trinajstić information content (AvgIpc) is 2.42. The van der Waals surface area contributed by atoms with Crippen molar-refractivity contribution in [1.29, 1.82) is 0 Å². The van der Waals surface area contributed by atoms with E-state index in [1.807, 2.05) is 7.05 Å². The molecule has 0 aromatic heterocycles. The summed E-state index contributed by atoms with van der Waals surface area (Å²) in [5.41, 5.74) is 0.242. The third kappa shape index (κ3) is 5.00. The minimum Gasteiger partial charge on any atom is -0.493 e. The number of hydrogen-bond acceptors (Lipinski definition) is 4. The summed E-state index contributed by atoms with van der Waals surface area (Å²) in [6.45, 7) is -1.70. The topological polar surface area (TPSA) is 59.6 Å². The molecule has 0 fully saturated rings. The second-order valence-electron chi connectivity index (χ2n) is 3.96. The van der Waals surface area contributed by atoms with E-state index >= 15 is 0 Å². The molecule has 5 nitrogen and oxygen atoms in total. The molecule has 0 bridgehead atoms. The van der Waals surface area contributed by atoms with Gasteiger partial charge in [0, 0.05) is 12.1 Å². The molecule has 0 aliphatic rings. The first-order chi connectivity index (χ1) is 9.58. The molecule has 1 aromatic carbocycles. The molecule has 0 heterocycles. The van der Waals surface area contributed by atoms with Crippen LogP contribution in [0.1, 0.15) is 16.8 Å². The van der Waals surface area contributed by atoms with Gasteiger partial charge in [0.2, 0.25) is 0 Å². The molecule has 0 aliphatic carbocycles. The molecule has 2 N–H and O–H groups in total. The van der Waals surface area contributed by atoms with Crippen LogP contribution in [0.2, 0.25) is 0 Å². The van der Waals surface area contributed by atoms with Crippen LogP contribution in [0.5, 0.6) is 11.5 Å². The van der Waals surface area contributed by atoms with Crippen molar-refractivity contribution in [3.8, 4) is 11.5 Å². The van der Waals surface area contributed by atoms with Gasteiger partial charge in [-0.1, -0.05) is 0 Å². The molecule has 0 saturated heterocycles. The molecular formula is C13H18F2N2O3. The number of carbonyl (C=O) groups excluding carboxylic acids is 1. The fourth-order valence-electron chi connectivity index (χ4n) is 1.58. The minimum atomic E-state index is -2.97. The van der Waals surface area contributed by atoms with Gasteiger partial charge in [-0.05, 0) is 38.2 Å². The summed E-state index contributed by atoms with van der Waals surface area (Å²) in [7, 11) is 3.16. The van der Waals surface area contributed by atoms with Crippen molar-refractivity contribution in [2.75, 3.05) is 27.2 Å². The van der Waals surface area contributed by atoms with Gasteiger partial charge in [0.1, 0.15) is 0 Å². The number of hydrogen-bond donors (Lipinski definition) is 2. The predicted molar refractivity (Wildman–Crippen MR) is 70.5 cm³/mol. The highest BCUT2D eigenvalue weighted by Crippen LogP contribution is 2.29. The fraction of sp³-hybridized carbons (Fsp3) is 0.462. The molecule has 0 radical (unpaired) electrons. The normalized spacial score (nSPS) is 10.4. The van der Waals surface area contributed by atoms with E-state index in [0.717, 1.165) is 13.0 Å². The van der Waals surface area contributed by atoms with Crippen LogP contribution >= 0.6 is 0 Å². The van der Waals surface area contributed by atoms with Crippen LogP contribution in [0, 0.1) is 0 Å². The molecule has 0 saturated carbocycles. The van der Waals surface area contributed by atoms with Crippen molar-refractivity contribution in [2.45, 2.75) is 13.0 Å². The maximum absolute atomic E-state index is 12.3. The Labute approximate surface area is 116 Å². The summed E-state index contributed by atoms with van der Waals surface area (Å²) < 4.78 is 33.8. The number of amides is 1. The van der Waals surface area contributed by atoms with Gasteiger partial charge in [0.05, 0.1) is 7.11 Å². The predicted octanol–water partition coefficient (Wildman–Crippen LogP) is 1.64. The molecular weight excluding hydrogens is 270 g/mol. The third-order valence-corrected chi connectivity index (χ3v) is 2.53. The Kier molecular flexibility index (Phi) is 6.72. The van der Waals surface area contributed by atoms with Crippen molar-refractivity contribution in [3.63, 3.8) is 0 Å². The zero-order valence-corrected chi connectivity index (χ0v) is 11.4. The molecule has 112 valence electrons. The Balaban J connectivity index is 2.72. The first-order valence-electron chi connectivity index (χ1n) is 6.14. The van der Waals surface area contributed by atoms with E-state index in [4.69, 9.17) is 4.74 Å². The van der Waals surface area contributed by atoms with Gasteiger partial charge >= 0.3 is 6.61 Å². The van der Waals surface area contributed by atoms with E-state index in [1.165, 1.54) is 25.3 Å². The quantitative estimate of drug-likeness (QED) is 0.714. The van der Waals surface area contributed by atoms with Crippen LogP contribution in [0.25, 0.3) is 0 Å². The van der Waals surface area contributed by atoms with Gasteiger partial charge in [-0.3, -0.25) is 4.79 Å². The number of benzene rings is 1. The lowest BCUT2D eigenvalue weighted by Crippen LogP contribution is -2.26. The summed E-state index contributed by atoms with van der Waals surface area (Å²) in [5.74, 6) is -0.356. The lowest BCUT2D eigenvalue weighted by Gasteiger charge is -2.11. The lowest BCUT2D eigenvalue weighted by molar-refractivity contribution is -0.0512. The molecule has 0 atom stereocenters. The van der Waals surface area contributed by atoms with Gasteiger partial charge in [0.25, 0.3) is 5.91 Å². The molecule has 20 heavy (non-hydrogen) atoms. The standard InChI is InChI=1S/C13H18F2N2O3/c1-16-6-3-7-17-12(18)9-4-5-10(19-2)11(8-9)20-13(14)15/h4-5,8,13,16H,3,6-7H2,1-2H3,(H,17,18). The highest BCUT2D eigenvalue weighted by Gasteiger charge is 2.14. The fourth-order valence-corrected chi connectivity index (χ4v) is 1.58. The van der Waals surface area contributed by atoms with E-state index in [1.54, 1.807) is 0 Å². The zero-order valence-electron chi connectivity index (χ0n) is 11.4. The number of carbonyl (C=O) groups is 1. The number of nitrogens with one attached hydrogen (secondary N) is 2. The van der Waals surface area contributed by atoms with E-state index < -0.39 is 6.61 Å². The van der Waals surface area contributed by atoms with Crippen LogP contribution in [0.4, 0.5) is 8.78 Å². The summed E-state index contributed by atoms with van der Waals surface area (Å²) >= 11 is 0. The largest absolute Gasteiger partial charge is 0.493 e. The average molecular weight is 288 g/mol. The molecule has 0 aliphatic heterocycles. The van der Waals surface area contributed by atoms with Gasteiger partial charge in [-0.15, -0.1) is 0 Å². The number of methoxy groups -OCH3 is 1. The number of halogens is 2. The van der Waals surface area contributed by atoms with E-state index in [0.29, 0.717) is 6.54 Å². The third-order valence-electron chi connectivity index (χ3n) is 2.53. The molecule has 1 amide bonds. The monoisotopic (exact) mass is 288 g/mol. The molecule has 0 unspecified atom stereocenters. The maximum Gasteiger partial charge on any atom is 0.387 e. The molecule has 1 aromatic rings. The second kappa shape index (κ2) is 8.31. The van der Waals surface area contributed by atoms with E-state index in [-0.39, 0.29) is 23.0 Å². The Morgan fingerprint density at radius 3 is 2.65 bits per heavy atom. The van der Waals surface area contributed by atoms with Crippen LogP contribution in [0.3, 0.4) is 0 Å². The second-order valence-corrected chi connectivity index (χ2v) is 3.96. The van der Waals surface area contributed by atoms with Crippen LogP contribution in [-0.4, -0.2) is 39.8 Å². The van der Waals surface area contributed by atoms with Crippen molar-refractivity contribution in [1.82, 2.24) is 10.6 Å². The van der Waals surface area contributed by atoms with Gasteiger partial charge in [-0.2, -0.15) is 8.78 Å². The van der Waals surface area contributed by atoms with Crippen molar-refractivity contribution in [3.05, 3.63) is 23.8 Å². The van der Waals surface area contributed by atoms with Gasteiger partial charge in [-0.25, -0.2) is 0 Å². The molecule has 7 heteroatoms. The number of alkyl halides is 2. The van der Waals surface area contributed by atoms with E-state index in [9.17, 15) is 13.6 Å². The summed E-state index contributed by atoms with van der Waals surface area (Å²) in [6.07, 6.45) is 0.777. The highest BCUT2D eigenvalue weighted by atomic mass is 19.3. The molecule has 1 rings (SSSR count). The zero-order chi connectivity index (χ0) is 15.0. The highest BCUT2D eigenvalue weighted by molar-refractivity contribution is 5.94. The Bertz CT molecular complexity index is 442. The first kappa shape index (κ1) is 16.2. The Morgan fingerprint density at radius 1 is 1.30 bits per heavy atom. The SMILES string of the molecule is CNCCCNC(=O)c1ccc(OC)c(OC(F)F)c1. The van der Waals surface area contributed by atoms with Crippen LogP contribution in [-0.2, 0) is 0 Å². The Hall–Kier alpha value is -1.89. The van der Waals surface area contributed by atoms with Gasteiger partial charge < -0.3 is 20.1 Å². The Morgan fingerprint density at radius 2 is 2.05 bits per heavy atom. The van der Waals surface area contributed by atoms with Gasteiger partial charge in [0.15, 0.2) is 11.5 Å². The van der Waals surface area contributed by atoms with Crippen LogP contribution in [0.15, 0.2) is 18.2 Å². The number of rotatable bonds is 8. The first-order valence-corrected chi connectivity index (χ1v) is 6.14. The number of ether oxygens (including phenoxy) is 2. The van der Waals surface area contributed by atoms with Crippen molar-refractivity contribution < 1.29 is 23.0 Å². The maximum atomic E-state index is 12.3. The smallest absolute Gasteiger partial charge is 0.387 e. The lowest BCUT2D eigenvalue weighted by atomic mass is 10.2. The summed E-state index contributed by atoms with van der Waals surface area (Å²) in [4.78, 5) is 11.8. The molecule has 0 spiro atoms. The minimum absolute atomic E-state index is 0.150. The summed E-state index contributed by atoms with van der Waals surface area (Å²) in [5, 5.41) is 5.64. The van der Waals surface area contributed by atoms with Crippen molar-refractivity contribution in [2.24, 2.45) is 0 Å². The summed E-state index contributed by atoms with van der Waals surface area (Å²) in [6, 6.07) is 4.14.